The van der Waals surface area contributed by atoms with Crippen molar-refractivity contribution in [2.75, 3.05) is 5.32 Å². The van der Waals surface area contributed by atoms with Gasteiger partial charge in [-0.1, -0.05) is 18.2 Å². The standard InChI is InChI=1S/C13H18N2O2S/c1-10-7-8-12(13(9-10)18(14,16)17)15-11-5-3-2-4-6-11/h3,5,7-9,11,15H,2,4,6H2,1H3,(H2,14,16,17). The van der Waals surface area contributed by atoms with Gasteiger partial charge in [0.25, 0.3) is 0 Å². The molecule has 4 nitrogen and oxygen atoms in total. The molecule has 0 fully saturated rings. The Morgan fingerprint density at radius 2 is 2.17 bits per heavy atom. The highest BCUT2D eigenvalue weighted by molar-refractivity contribution is 7.89. The number of nitrogens with one attached hydrogen (secondary N) is 1. The highest BCUT2D eigenvalue weighted by atomic mass is 32.2. The van der Waals surface area contributed by atoms with E-state index in [2.05, 4.69) is 17.5 Å². The van der Waals surface area contributed by atoms with Gasteiger partial charge < -0.3 is 5.32 Å². The number of nitrogens with two attached hydrogens (primary N) is 1. The molecule has 0 saturated heterocycles. The van der Waals surface area contributed by atoms with E-state index in [-0.39, 0.29) is 10.9 Å². The maximum absolute atomic E-state index is 11.6. The summed E-state index contributed by atoms with van der Waals surface area (Å²) in [6, 6.07) is 5.44. The van der Waals surface area contributed by atoms with Crippen LogP contribution in [0, 0.1) is 6.92 Å². The Labute approximate surface area is 108 Å². The molecule has 0 aliphatic heterocycles. The van der Waals surface area contributed by atoms with Crippen LogP contribution in [0.15, 0.2) is 35.2 Å². The molecule has 0 heterocycles. The van der Waals surface area contributed by atoms with Gasteiger partial charge >= 0.3 is 0 Å². The number of aryl methyl sites for hydroxylation is 1. The maximum atomic E-state index is 11.6. The lowest BCUT2D eigenvalue weighted by atomic mass is 10.0. The van der Waals surface area contributed by atoms with Crippen molar-refractivity contribution in [2.24, 2.45) is 5.14 Å². The molecular formula is C13H18N2O2S. The van der Waals surface area contributed by atoms with Crippen molar-refractivity contribution >= 4 is 15.7 Å². The molecule has 0 spiro atoms. The van der Waals surface area contributed by atoms with Gasteiger partial charge in [0.1, 0.15) is 4.90 Å². The second-order valence-corrected chi connectivity index (χ2v) is 6.18. The molecule has 3 N–H and O–H groups in total. The molecule has 1 aliphatic carbocycles. The minimum absolute atomic E-state index is 0.168. The van der Waals surface area contributed by atoms with E-state index in [1.807, 2.05) is 13.0 Å². The highest BCUT2D eigenvalue weighted by Crippen LogP contribution is 2.24. The van der Waals surface area contributed by atoms with E-state index in [1.165, 1.54) is 0 Å². The molecule has 0 radical (unpaired) electrons. The molecule has 1 aromatic carbocycles. The topological polar surface area (TPSA) is 72.2 Å². The van der Waals surface area contributed by atoms with Crippen LogP contribution >= 0.6 is 0 Å². The molecule has 0 aromatic heterocycles. The fourth-order valence-electron chi connectivity index (χ4n) is 2.12. The number of primary sulfonamides is 1. The zero-order valence-electron chi connectivity index (χ0n) is 10.4. The van der Waals surface area contributed by atoms with E-state index < -0.39 is 10.0 Å². The fourth-order valence-corrected chi connectivity index (χ4v) is 2.90. The molecule has 1 unspecified atom stereocenters. The van der Waals surface area contributed by atoms with Crippen LogP contribution in [-0.2, 0) is 10.0 Å². The quantitative estimate of drug-likeness (QED) is 0.823. The summed E-state index contributed by atoms with van der Waals surface area (Å²) in [7, 11) is -3.69. The minimum atomic E-state index is -3.69. The van der Waals surface area contributed by atoms with Gasteiger partial charge in [-0.15, -0.1) is 0 Å². The number of benzene rings is 1. The number of allylic oxidation sites excluding steroid dienone is 1. The minimum Gasteiger partial charge on any atom is -0.378 e. The number of rotatable bonds is 3. The van der Waals surface area contributed by atoms with Gasteiger partial charge in [-0.05, 0) is 43.9 Å². The van der Waals surface area contributed by atoms with Crippen LogP contribution in [0.25, 0.3) is 0 Å². The summed E-state index contributed by atoms with van der Waals surface area (Å²) < 4.78 is 23.1. The molecule has 0 amide bonds. The van der Waals surface area contributed by atoms with Gasteiger partial charge in [0.15, 0.2) is 0 Å². The van der Waals surface area contributed by atoms with E-state index in [4.69, 9.17) is 5.14 Å². The van der Waals surface area contributed by atoms with Gasteiger partial charge in [0, 0.05) is 6.04 Å². The summed E-state index contributed by atoms with van der Waals surface area (Å²) in [5.74, 6) is 0. The fraction of sp³-hybridized carbons (Fsp3) is 0.385. The SMILES string of the molecule is Cc1ccc(NC2C=CCCC2)c(S(N)(=O)=O)c1. The Morgan fingerprint density at radius 3 is 2.78 bits per heavy atom. The van der Waals surface area contributed by atoms with Crippen molar-refractivity contribution < 1.29 is 8.42 Å². The Kier molecular flexibility index (Phi) is 3.73. The lowest BCUT2D eigenvalue weighted by molar-refractivity contribution is 0.597. The zero-order chi connectivity index (χ0) is 13.2. The smallest absolute Gasteiger partial charge is 0.240 e. The number of sulfonamides is 1. The molecule has 1 atom stereocenters. The summed E-state index contributed by atoms with van der Waals surface area (Å²) >= 11 is 0. The molecule has 1 aromatic rings. The van der Waals surface area contributed by atoms with Crippen LogP contribution in [0.3, 0.4) is 0 Å². The monoisotopic (exact) mass is 266 g/mol. The Bertz CT molecular complexity index is 564. The Hall–Kier alpha value is -1.33. The third-order valence-corrected chi connectivity index (χ3v) is 3.99. The molecule has 0 saturated carbocycles. The highest BCUT2D eigenvalue weighted by Gasteiger charge is 2.16. The van der Waals surface area contributed by atoms with E-state index in [0.717, 1.165) is 24.8 Å². The first-order valence-corrected chi connectivity index (χ1v) is 7.58. The van der Waals surface area contributed by atoms with Crippen LogP contribution in [0.5, 0.6) is 0 Å². The van der Waals surface area contributed by atoms with Crippen molar-refractivity contribution in [3.05, 3.63) is 35.9 Å². The van der Waals surface area contributed by atoms with Gasteiger partial charge in [-0.3, -0.25) is 0 Å². The molecule has 1 aliphatic rings. The third kappa shape index (κ3) is 3.11. The molecule has 0 bridgehead atoms. The van der Waals surface area contributed by atoms with Crippen LogP contribution < -0.4 is 10.5 Å². The van der Waals surface area contributed by atoms with E-state index in [0.29, 0.717) is 5.69 Å². The summed E-state index contributed by atoms with van der Waals surface area (Å²) in [6.07, 6.45) is 7.41. The summed E-state index contributed by atoms with van der Waals surface area (Å²) in [4.78, 5) is 0.168. The van der Waals surface area contributed by atoms with Gasteiger partial charge in [-0.2, -0.15) is 0 Å². The molecule has 18 heavy (non-hydrogen) atoms. The molecule has 2 rings (SSSR count). The Morgan fingerprint density at radius 1 is 1.39 bits per heavy atom. The number of anilines is 1. The molecule has 5 heteroatoms. The van der Waals surface area contributed by atoms with E-state index in [9.17, 15) is 8.42 Å². The summed E-state index contributed by atoms with van der Waals surface area (Å²) in [6.45, 7) is 1.85. The first kappa shape index (κ1) is 13.1. The lowest BCUT2D eigenvalue weighted by Gasteiger charge is -2.21. The van der Waals surface area contributed by atoms with Crippen molar-refractivity contribution in [2.45, 2.75) is 37.1 Å². The third-order valence-electron chi connectivity index (χ3n) is 3.04. The first-order chi connectivity index (χ1) is 8.47. The second-order valence-electron chi connectivity index (χ2n) is 4.65. The summed E-state index contributed by atoms with van der Waals surface area (Å²) in [5, 5.41) is 8.48. The maximum Gasteiger partial charge on any atom is 0.240 e. The van der Waals surface area contributed by atoms with Crippen molar-refractivity contribution in [3.8, 4) is 0 Å². The van der Waals surface area contributed by atoms with Gasteiger partial charge in [0.2, 0.25) is 10.0 Å². The number of hydrogen-bond donors (Lipinski definition) is 2. The van der Waals surface area contributed by atoms with Gasteiger partial charge in [-0.25, -0.2) is 13.6 Å². The predicted molar refractivity (Wildman–Crippen MR) is 73.0 cm³/mol. The largest absolute Gasteiger partial charge is 0.378 e. The van der Waals surface area contributed by atoms with Crippen LogP contribution in [-0.4, -0.2) is 14.5 Å². The van der Waals surface area contributed by atoms with Crippen LogP contribution in [0.4, 0.5) is 5.69 Å². The normalized spacial score (nSPS) is 19.8. The predicted octanol–water partition coefficient (Wildman–Crippen LogP) is 2.16. The van der Waals surface area contributed by atoms with Crippen molar-refractivity contribution in [3.63, 3.8) is 0 Å². The van der Waals surface area contributed by atoms with E-state index in [1.54, 1.807) is 12.1 Å². The summed E-state index contributed by atoms with van der Waals surface area (Å²) in [5.41, 5.74) is 1.46. The molecular weight excluding hydrogens is 248 g/mol. The first-order valence-electron chi connectivity index (χ1n) is 6.03. The van der Waals surface area contributed by atoms with Crippen LogP contribution in [0.1, 0.15) is 24.8 Å². The molecule has 98 valence electrons. The average Bonchev–Trinajstić information content (AvgIpc) is 2.31. The zero-order valence-corrected chi connectivity index (χ0v) is 11.2. The average molecular weight is 266 g/mol. The van der Waals surface area contributed by atoms with Crippen molar-refractivity contribution in [1.29, 1.82) is 0 Å². The van der Waals surface area contributed by atoms with Gasteiger partial charge in [0.05, 0.1) is 5.69 Å². The second kappa shape index (κ2) is 5.12. The van der Waals surface area contributed by atoms with E-state index >= 15 is 0 Å². The van der Waals surface area contributed by atoms with Crippen molar-refractivity contribution in [1.82, 2.24) is 0 Å². The number of hydrogen-bond acceptors (Lipinski definition) is 3. The Balaban J connectivity index is 2.32. The van der Waals surface area contributed by atoms with Crippen LogP contribution in [0.2, 0.25) is 0 Å². The lowest BCUT2D eigenvalue weighted by Crippen LogP contribution is -2.22.